The van der Waals surface area contributed by atoms with E-state index in [0.29, 0.717) is 18.5 Å². The number of thioether (sulfide) groups is 1. The lowest BCUT2D eigenvalue weighted by atomic mass is 10.2. The molecule has 134 valence electrons. The van der Waals surface area contributed by atoms with Crippen LogP contribution in [0.2, 0.25) is 0 Å². The Labute approximate surface area is 142 Å². The summed E-state index contributed by atoms with van der Waals surface area (Å²) in [7, 11) is 0. The number of benzene rings is 1. The number of halogens is 4. The van der Waals surface area contributed by atoms with Gasteiger partial charge >= 0.3 is 12.3 Å². The van der Waals surface area contributed by atoms with Gasteiger partial charge in [0.1, 0.15) is 5.75 Å². The van der Waals surface area contributed by atoms with Crippen LogP contribution >= 0.6 is 11.8 Å². The Morgan fingerprint density at radius 3 is 2.42 bits per heavy atom. The second kappa shape index (κ2) is 8.73. The lowest BCUT2D eigenvalue weighted by Gasteiger charge is -2.26. The van der Waals surface area contributed by atoms with E-state index in [4.69, 9.17) is 14.2 Å². The van der Waals surface area contributed by atoms with Crippen molar-refractivity contribution in [2.75, 3.05) is 26.1 Å². The fourth-order valence-corrected chi connectivity index (χ4v) is 2.28. The highest BCUT2D eigenvalue weighted by Crippen LogP contribution is 2.24. The van der Waals surface area contributed by atoms with Gasteiger partial charge in [0.05, 0.1) is 18.5 Å². The summed E-state index contributed by atoms with van der Waals surface area (Å²) in [6, 6.07) is 6.13. The Morgan fingerprint density at radius 2 is 1.88 bits per heavy atom. The molecule has 1 aliphatic rings. The van der Waals surface area contributed by atoms with Gasteiger partial charge in [0.2, 0.25) is 0 Å². The number of rotatable bonds is 7. The van der Waals surface area contributed by atoms with Gasteiger partial charge in [-0.1, -0.05) is 18.2 Å². The van der Waals surface area contributed by atoms with Crippen molar-refractivity contribution in [3.63, 3.8) is 0 Å². The van der Waals surface area contributed by atoms with E-state index in [1.165, 1.54) is 12.1 Å². The van der Waals surface area contributed by atoms with Crippen LogP contribution in [0.15, 0.2) is 30.3 Å². The lowest BCUT2D eigenvalue weighted by molar-refractivity contribution is -0.148. The summed E-state index contributed by atoms with van der Waals surface area (Å²) in [6.45, 7) is -0.136. The zero-order valence-electron chi connectivity index (χ0n) is 13.0. The van der Waals surface area contributed by atoms with Gasteiger partial charge < -0.3 is 14.2 Å². The highest BCUT2D eigenvalue weighted by molar-refractivity contribution is 7.99. The Balaban J connectivity index is 1.83. The monoisotopic (exact) mass is 366 g/mol. The minimum absolute atomic E-state index is 0.0976. The first-order valence-electron chi connectivity index (χ1n) is 7.24. The van der Waals surface area contributed by atoms with Gasteiger partial charge in [-0.25, -0.2) is 8.78 Å². The minimum atomic E-state index is -4.16. The molecule has 1 aromatic carbocycles. The second-order valence-corrected chi connectivity index (χ2v) is 6.31. The average molecular weight is 366 g/mol. The fraction of sp³-hybridized carbons (Fsp3) is 0.500. The summed E-state index contributed by atoms with van der Waals surface area (Å²) in [5, 5.41) is 0.331. The molecule has 1 heterocycles. The minimum Gasteiger partial charge on any atom is -0.487 e. The van der Waals surface area contributed by atoms with Crippen molar-refractivity contribution in [2.24, 2.45) is 0 Å². The molecular formula is C16H18F4O3S. The maximum atomic E-state index is 12.8. The van der Waals surface area contributed by atoms with E-state index in [1.54, 1.807) is 36.0 Å². The molecule has 1 saturated heterocycles. The van der Waals surface area contributed by atoms with Crippen LogP contribution in [0.1, 0.15) is 5.56 Å². The first-order valence-corrected chi connectivity index (χ1v) is 8.52. The molecule has 1 fully saturated rings. The standard InChI is InChI=1S/C16H18F4O3S/c1-24-13-8-21-14(22-9-13)7-4-11-2-5-12(6-3-11)23-10-16(19,20)15(17)18/h2-7,13-15H,8-10H2,1H3/b7-4+. The molecule has 2 rings (SSSR count). The molecule has 24 heavy (non-hydrogen) atoms. The van der Waals surface area contributed by atoms with Gasteiger partial charge in [-0.05, 0) is 30.0 Å². The van der Waals surface area contributed by atoms with Crippen LogP contribution < -0.4 is 4.74 Å². The van der Waals surface area contributed by atoms with E-state index in [9.17, 15) is 17.6 Å². The Morgan fingerprint density at radius 1 is 1.25 bits per heavy atom. The molecule has 3 nitrogen and oxygen atoms in total. The topological polar surface area (TPSA) is 27.7 Å². The van der Waals surface area contributed by atoms with E-state index in [-0.39, 0.29) is 5.75 Å². The average Bonchev–Trinajstić information content (AvgIpc) is 2.59. The van der Waals surface area contributed by atoms with Crippen molar-refractivity contribution < 1.29 is 31.8 Å². The van der Waals surface area contributed by atoms with Gasteiger partial charge in [0.15, 0.2) is 12.9 Å². The van der Waals surface area contributed by atoms with Crippen LogP contribution in [0.4, 0.5) is 17.6 Å². The first kappa shape index (κ1) is 19.1. The Hall–Kier alpha value is -1.25. The molecule has 0 bridgehead atoms. The van der Waals surface area contributed by atoms with Crippen LogP contribution in [-0.2, 0) is 9.47 Å². The summed E-state index contributed by atoms with van der Waals surface area (Å²) in [6.07, 6.45) is 1.34. The zero-order chi connectivity index (χ0) is 17.6. The second-order valence-electron chi connectivity index (χ2n) is 5.17. The number of ether oxygens (including phenoxy) is 3. The predicted octanol–water partition coefficient (Wildman–Crippen LogP) is 4.08. The van der Waals surface area contributed by atoms with Crippen molar-refractivity contribution in [3.8, 4) is 5.75 Å². The van der Waals surface area contributed by atoms with Crippen molar-refractivity contribution in [2.45, 2.75) is 23.9 Å². The smallest absolute Gasteiger partial charge is 0.340 e. The van der Waals surface area contributed by atoms with Gasteiger partial charge in [0.25, 0.3) is 0 Å². The molecule has 1 aromatic rings. The first-order chi connectivity index (χ1) is 11.4. The molecule has 0 spiro atoms. The molecule has 0 saturated carbocycles. The lowest BCUT2D eigenvalue weighted by Crippen LogP contribution is -2.33. The maximum absolute atomic E-state index is 12.8. The third kappa shape index (κ3) is 5.68. The number of alkyl halides is 4. The van der Waals surface area contributed by atoms with Crippen molar-refractivity contribution in [3.05, 3.63) is 35.9 Å². The molecular weight excluding hydrogens is 348 g/mol. The van der Waals surface area contributed by atoms with Crippen LogP contribution in [0.3, 0.4) is 0 Å². The third-order valence-corrected chi connectivity index (χ3v) is 4.24. The van der Waals surface area contributed by atoms with E-state index < -0.39 is 25.2 Å². The van der Waals surface area contributed by atoms with Crippen LogP contribution in [-0.4, -0.2) is 50.0 Å². The molecule has 0 unspecified atom stereocenters. The summed E-state index contributed by atoms with van der Waals surface area (Å²) in [5.74, 6) is -4.07. The van der Waals surface area contributed by atoms with Gasteiger partial charge in [-0.15, -0.1) is 0 Å². The van der Waals surface area contributed by atoms with Gasteiger partial charge in [0, 0.05) is 0 Å². The third-order valence-electron chi connectivity index (χ3n) is 3.30. The molecule has 0 N–H and O–H groups in total. The molecule has 1 aliphatic heterocycles. The molecule has 0 radical (unpaired) electrons. The van der Waals surface area contributed by atoms with Crippen molar-refractivity contribution in [1.82, 2.24) is 0 Å². The highest BCUT2D eigenvalue weighted by Gasteiger charge is 2.41. The van der Waals surface area contributed by atoms with Crippen LogP contribution in [0, 0.1) is 0 Å². The van der Waals surface area contributed by atoms with E-state index in [0.717, 1.165) is 5.56 Å². The molecule has 0 amide bonds. The summed E-state index contributed by atoms with van der Waals surface area (Å²) >= 11 is 1.68. The van der Waals surface area contributed by atoms with E-state index in [1.807, 2.05) is 6.26 Å². The van der Waals surface area contributed by atoms with E-state index >= 15 is 0 Å². The normalized spacial score (nSPS) is 22.2. The summed E-state index contributed by atoms with van der Waals surface area (Å²) in [5.41, 5.74) is 0.780. The largest absolute Gasteiger partial charge is 0.487 e. The SMILES string of the molecule is CSC1COC(/C=C/c2ccc(OCC(F)(F)C(F)F)cc2)OC1. The van der Waals surface area contributed by atoms with Crippen molar-refractivity contribution in [1.29, 1.82) is 0 Å². The Bertz CT molecular complexity index is 529. The summed E-state index contributed by atoms with van der Waals surface area (Å²) < 4.78 is 65.4. The zero-order valence-corrected chi connectivity index (χ0v) is 13.8. The molecule has 0 aromatic heterocycles. The quantitative estimate of drug-likeness (QED) is 0.680. The molecule has 8 heteroatoms. The molecule has 0 atom stereocenters. The van der Waals surface area contributed by atoms with Gasteiger partial charge in [-0.2, -0.15) is 20.5 Å². The Kier molecular flexibility index (Phi) is 6.94. The van der Waals surface area contributed by atoms with Crippen molar-refractivity contribution >= 4 is 17.8 Å². The number of hydrogen-bond donors (Lipinski definition) is 0. The summed E-state index contributed by atoms with van der Waals surface area (Å²) in [4.78, 5) is 0. The van der Waals surface area contributed by atoms with Crippen LogP contribution in [0.25, 0.3) is 6.08 Å². The van der Waals surface area contributed by atoms with E-state index in [2.05, 4.69) is 0 Å². The highest BCUT2D eigenvalue weighted by atomic mass is 32.2. The molecule has 0 aliphatic carbocycles. The fourth-order valence-electron chi connectivity index (χ4n) is 1.86. The van der Waals surface area contributed by atoms with Gasteiger partial charge in [-0.3, -0.25) is 0 Å². The van der Waals surface area contributed by atoms with Crippen LogP contribution in [0.5, 0.6) is 5.75 Å². The number of hydrogen-bond acceptors (Lipinski definition) is 4. The maximum Gasteiger partial charge on any atom is 0.340 e. The predicted molar refractivity (Wildman–Crippen MR) is 84.9 cm³/mol.